The Morgan fingerprint density at radius 1 is 0.571 bits per heavy atom. The predicted molar refractivity (Wildman–Crippen MR) is 49.2 cm³/mol. The Morgan fingerprint density at radius 3 is 1.36 bits per heavy atom. The number of hydrogen-bond donors (Lipinski definition) is 2. The largest absolute Gasteiger partial charge is 0.393 e. The van der Waals surface area contributed by atoms with Gasteiger partial charge >= 0.3 is 0 Å². The van der Waals surface area contributed by atoms with Gasteiger partial charge in [-0.2, -0.15) is 0 Å². The van der Waals surface area contributed by atoms with Gasteiger partial charge in [0.1, 0.15) is 0 Å². The highest BCUT2D eigenvalue weighted by molar-refractivity contribution is 5.28. The van der Waals surface area contributed by atoms with Crippen molar-refractivity contribution in [3.05, 3.63) is 0 Å². The lowest BCUT2D eigenvalue weighted by Gasteiger charge is -2.84. The zero-order valence-electron chi connectivity index (χ0n) is 8.08. The third-order valence-electron chi connectivity index (χ3n) is 6.56. The van der Waals surface area contributed by atoms with Crippen molar-refractivity contribution in [2.24, 2.45) is 47.3 Å². The van der Waals surface area contributed by atoms with Crippen LogP contribution in [0.5, 0.6) is 0 Å². The summed E-state index contributed by atoms with van der Waals surface area (Å²) < 4.78 is 0. The van der Waals surface area contributed by atoms with Crippen LogP contribution in [0.2, 0.25) is 0 Å². The van der Waals surface area contributed by atoms with Gasteiger partial charge < -0.3 is 10.2 Å². The molecule has 2 N–H and O–H groups in total. The van der Waals surface area contributed by atoms with E-state index in [2.05, 4.69) is 0 Å². The van der Waals surface area contributed by atoms with Crippen molar-refractivity contribution in [3.63, 3.8) is 0 Å². The Hall–Kier alpha value is -0.0800. The van der Waals surface area contributed by atoms with E-state index in [0.29, 0.717) is 11.8 Å². The van der Waals surface area contributed by atoms with Gasteiger partial charge in [-0.25, -0.2) is 0 Å². The fraction of sp³-hybridized carbons (Fsp3) is 1.00. The zero-order chi connectivity index (χ0) is 9.19. The first-order chi connectivity index (χ1) is 6.79. The maximum atomic E-state index is 10.1. The van der Waals surface area contributed by atoms with E-state index in [1.807, 2.05) is 0 Å². The minimum Gasteiger partial charge on any atom is -0.393 e. The van der Waals surface area contributed by atoms with Gasteiger partial charge in [-0.05, 0) is 60.2 Å². The van der Waals surface area contributed by atoms with Gasteiger partial charge in [0.05, 0.1) is 12.2 Å². The molecule has 0 unspecified atom stereocenters. The van der Waals surface area contributed by atoms with E-state index in [1.165, 1.54) is 0 Å². The van der Waals surface area contributed by atoms with Crippen molar-refractivity contribution in [2.45, 2.75) is 25.0 Å². The summed E-state index contributed by atoms with van der Waals surface area (Å²) in [6.45, 7) is 0. The molecule has 0 aromatic heterocycles. The van der Waals surface area contributed by atoms with Gasteiger partial charge in [0.2, 0.25) is 0 Å². The monoisotopic (exact) mass is 192 g/mol. The molecule has 8 aliphatic carbocycles. The summed E-state index contributed by atoms with van der Waals surface area (Å²) >= 11 is 0. The minimum atomic E-state index is -0.0683. The first-order valence-corrected chi connectivity index (χ1v) is 6.15. The maximum absolute atomic E-state index is 10.1. The van der Waals surface area contributed by atoms with Gasteiger partial charge in [0, 0.05) is 0 Å². The van der Waals surface area contributed by atoms with E-state index < -0.39 is 0 Å². The second kappa shape index (κ2) is 1.80. The van der Waals surface area contributed by atoms with E-state index in [4.69, 9.17) is 0 Å². The molecular weight excluding hydrogens is 176 g/mol. The Balaban J connectivity index is 1.70. The summed E-state index contributed by atoms with van der Waals surface area (Å²) in [5.41, 5.74) is 0. The fourth-order valence-corrected chi connectivity index (χ4v) is 6.57. The Bertz CT molecular complexity index is 296. The van der Waals surface area contributed by atoms with Crippen LogP contribution in [-0.4, -0.2) is 22.4 Å². The summed E-state index contributed by atoms with van der Waals surface area (Å²) in [7, 11) is 0. The van der Waals surface area contributed by atoms with Gasteiger partial charge in [0.15, 0.2) is 0 Å². The zero-order valence-corrected chi connectivity index (χ0v) is 8.08. The highest BCUT2D eigenvalue weighted by Gasteiger charge is 2.81. The van der Waals surface area contributed by atoms with Crippen LogP contribution in [0, 0.1) is 47.3 Å². The molecule has 0 aromatic carbocycles. The lowest BCUT2D eigenvalue weighted by Crippen LogP contribution is -2.83. The van der Waals surface area contributed by atoms with E-state index in [1.54, 1.807) is 0 Å². The first-order valence-electron chi connectivity index (χ1n) is 6.15. The molecule has 8 rings (SSSR count). The quantitative estimate of drug-likeness (QED) is 0.586. The number of hydrogen-bond acceptors (Lipinski definition) is 2. The highest BCUT2D eigenvalue weighted by Crippen LogP contribution is 2.82. The van der Waals surface area contributed by atoms with Gasteiger partial charge in [-0.15, -0.1) is 0 Å². The predicted octanol–water partition coefficient (Wildman–Crippen LogP) is 0.486. The van der Waals surface area contributed by atoms with Crippen LogP contribution in [0.1, 0.15) is 12.8 Å². The van der Waals surface area contributed by atoms with Crippen LogP contribution in [-0.2, 0) is 0 Å². The van der Waals surface area contributed by atoms with Crippen molar-refractivity contribution in [3.8, 4) is 0 Å². The molecular formula is C12H16O2. The maximum Gasteiger partial charge on any atom is 0.0577 e. The molecule has 0 aliphatic heterocycles. The van der Waals surface area contributed by atoms with Crippen LogP contribution >= 0.6 is 0 Å². The second-order valence-electron chi connectivity index (χ2n) is 6.40. The normalized spacial score (nSPS) is 81.0. The van der Waals surface area contributed by atoms with Crippen molar-refractivity contribution < 1.29 is 10.2 Å². The molecule has 2 nitrogen and oxygen atoms in total. The molecule has 0 spiro atoms. The summed E-state index contributed by atoms with van der Waals surface area (Å²) in [5.74, 6) is 6.23. The van der Waals surface area contributed by atoms with Gasteiger partial charge in [-0.3, -0.25) is 0 Å². The van der Waals surface area contributed by atoms with Crippen molar-refractivity contribution in [1.29, 1.82) is 0 Å². The van der Waals surface area contributed by atoms with Crippen LogP contribution in [0.15, 0.2) is 0 Å². The van der Waals surface area contributed by atoms with Crippen LogP contribution in [0.4, 0.5) is 0 Å². The lowest BCUT2D eigenvalue weighted by atomic mass is 9.21. The smallest absolute Gasteiger partial charge is 0.0577 e. The Morgan fingerprint density at radius 2 is 0.929 bits per heavy atom. The summed E-state index contributed by atoms with van der Waals surface area (Å²) in [6, 6.07) is 0. The molecule has 8 aliphatic rings. The molecule has 10 atom stereocenters. The number of fused-ring (bicyclic) bond motifs is 2. The topological polar surface area (TPSA) is 40.5 Å². The number of aliphatic hydroxyl groups is 2. The average molecular weight is 192 g/mol. The van der Waals surface area contributed by atoms with Crippen molar-refractivity contribution in [2.75, 3.05) is 0 Å². The van der Waals surface area contributed by atoms with E-state index in [9.17, 15) is 10.2 Å². The molecule has 2 heteroatoms. The third-order valence-corrected chi connectivity index (χ3v) is 6.56. The second-order valence-corrected chi connectivity index (χ2v) is 6.40. The molecule has 0 amide bonds. The molecule has 0 radical (unpaired) electrons. The first kappa shape index (κ1) is 7.24. The summed E-state index contributed by atoms with van der Waals surface area (Å²) in [6.07, 6.45) is 1.98. The lowest BCUT2D eigenvalue weighted by molar-refractivity contribution is -0.394. The van der Waals surface area contributed by atoms with E-state index in [-0.39, 0.29) is 12.2 Å². The van der Waals surface area contributed by atoms with Crippen molar-refractivity contribution >= 4 is 0 Å². The SMILES string of the molecule is O[C@@H]1C[C@H]2[C@@H]3[C@@H]4[C@@H]5C[C@@H](O)[C@@H]([C@@H]24)[C@@H]1[C@H]53. The van der Waals surface area contributed by atoms with Crippen LogP contribution in [0.25, 0.3) is 0 Å². The minimum absolute atomic E-state index is 0.0683. The third kappa shape index (κ3) is 0.455. The van der Waals surface area contributed by atoms with E-state index in [0.717, 1.165) is 48.3 Å². The molecule has 14 heavy (non-hydrogen) atoms. The van der Waals surface area contributed by atoms with E-state index >= 15 is 0 Å². The van der Waals surface area contributed by atoms with Crippen LogP contribution < -0.4 is 0 Å². The highest BCUT2D eigenvalue weighted by atomic mass is 16.3. The van der Waals surface area contributed by atoms with Gasteiger partial charge in [-0.1, -0.05) is 0 Å². The molecule has 0 saturated heterocycles. The Labute approximate surface area is 83.3 Å². The molecule has 8 fully saturated rings. The molecule has 0 heterocycles. The molecule has 8 bridgehead atoms. The molecule has 8 saturated carbocycles. The standard InChI is InChI=1S/C12H16O2/c13-5-1-3-7-8-4-2-6(14)12(9(3)8)11(5)10(4)7/h3-14H,1-2H2/t3-,4-,5+,6+,7-,8+,9+,10-,11-,12-/m0/s1. The summed E-state index contributed by atoms with van der Waals surface area (Å²) in [5, 5.41) is 20.1. The number of rotatable bonds is 0. The average Bonchev–Trinajstić information content (AvgIpc) is 2.16. The van der Waals surface area contributed by atoms with Crippen molar-refractivity contribution in [1.82, 2.24) is 0 Å². The molecule has 0 aromatic rings. The molecule has 76 valence electrons. The van der Waals surface area contributed by atoms with Crippen LogP contribution in [0.3, 0.4) is 0 Å². The summed E-state index contributed by atoms with van der Waals surface area (Å²) in [4.78, 5) is 0. The van der Waals surface area contributed by atoms with Gasteiger partial charge in [0.25, 0.3) is 0 Å². The Kier molecular flexibility index (Phi) is 0.931. The fourth-order valence-electron chi connectivity index (χ4n) is 6.57. The number of aliphatic hydroxyl groups excluding tert-OH is 2.